The van der Waals surface area contributed by atoms with Gasteiger partial charge in [-0.3, -0.25) is 18.7 Å². The molecule has 11 nitrogen and oxygen atoms in total. The monoisotopic (exact) mass is 484 g/mol. The van der Waals surface area contributed by atoms with Gasteiger partial charge in [0.1, 0.15) is 18.4 Å². The first kappa shape index (κ1) is 22.1. The number of thiazole rings is 1. The third-order valence-corrected chi connectivity index (χ3v) is 7.07. The number of nitrogens with zero attached hydrogens (tertiary/aromatic N) is 6. The SMILES string of the molecule is COc1ccc2nc(OC3CCN(C(=O)Cn4cnc5c4c(=O)n(C)c(=O)n5C)CC3)sc2c1. The summed E-state index contributed by atoms with van der Waals surface area (Å²) >= 11 is 1.48. The fourth-order valence-electron chi connectivity index (χ4n) is 4.19. The lowest BCUT2D eigenvalue weighted by atomic mass is 10.1. The highest BCUT2D eigenvalue weighted by atomic mass is 32.1. The molecule has 3 aromatic heterocycles. The van der Waals surface area contributed by atoms with Gasteiger partial charge in [0, 0.05) is 40.0 Å². The van der Waals surface area contributed by atoms with Crippen molar-refractivity contribution in [1.82, 2.24) is 28.6 Å². The second-order valence-corrected chi connectivity index (χ2v) is 9.26. The molecule has 4 aromatic rings. The summed E-state index contributed by atoms with van der Waals surface area (Å²) in [5, 5.41) is 0.611. The number of rotatable bonds is 5. The zero-order chi connectivity index (χ0) is 24.0. The molecule has 0 N–H and O–H groups in total. The van der Waals surface area contributed by atoms with Crippen LogP contribution >= 0.6 is 11.3 Å². The number of aryl methyl sites for hydroxylation is 1. The van der Waals surface area contributed by atoms with Gasteiger partial charge in [-0.1, -0.05) is 11.3 Å². The van der Waals surface area contributed by atoms with Crippen LogP contribution in [0.2, 0.25) is 0 Å². The predicted octanol–water partition coefficient (Wildman–Crippen LogP) is 1.12. The van der Waals surface area contributed by atoms with Gasteiger partial charge < -0.3 is 18.9 Å². The molecule has 178 valence electrons. The highest BCUT2D eigenvalue weighted by Crippen LogP contribution is 2.32. The number of hydrogen-bond acceptors (Lipinski definition) is 8. The molecular weight excluding hydrogens is 460 g/mol. The van der Waals surface area contributed by atoms with Crippen molar-refractivity contribution in [3.05, 3.63) is 45.4 Å². The lowest BCUT2D eigenvalue weighted by Gasteiger charge is -2.31. The Bertz CT molecular complexity index is 1510. The maximum Gasteiger partial charge on any atom is 0.332 e. The van der Waals surface area contributed by atoms with Crippen molar-refractivity contribution in [3.8, 4) is 10.9 Å². The summed E-state index contributed by atoms with van der Waals surface area (Å²) in [6, 6.07) is 5.71. The Labute approximate surface area is 197 Å². The highest BCUT2D eigenvalue weighted by Gasteiger charge is 2.26. The van der Waals surface area contributed by atoms with E-state index in [4.69, 9.17) is 9.47 Å². The molecule has 34 heavy (non-hydrogen) atoms. The molecular formula is C22H24N6O5S. The van der Waals surface area contributed by atoms with Gasteiger partial charge in [0.15, 0.2) is 11.2 Å². The highest BCUT2D eigenvalue weighted by molar-refractivity contribution is 7.20. The zero-order valence-electron chi connectivity index (χ0n) is 19.1. The third-order valence-electron chi connectivity index (χ3n) is 6.16. The summed E-state index contributed by atoms with van der Waals surface area (Å²) < 4.78 is 16.2. The molecule has 0 bridgehead atoms. The quantitative estimate of drug-likeness (QED) is 0.417. The van der Waals surface area contributed by atoms with Gasteiger partial charge in [0.2, 0.25) is 5.91 Å². The topological polar surface area (TPSA) is 113 Å². The third kappa shape index (κ3) is 3.83. The minimum absolute atomic E-state index is 0.0187. The van der Waals surface area contributed by atoms with Crippen molar-refractivity contribution >= 4 is 38.6 Å². The standard InChI is InChI=1S/C22H24N6O5S/c1-25-19-18(20(30)26(2)22(25)31)28(12-23-19)11-17(29)27-8-6-13(7-9-27)33-21-24-15-5-4-14(32-3)10-16(15)34-21/h4-5,10,12-13H,6-9,11H2,1-3H3. The Balaban J connectivity index is 1.24. The second-order valence-electron chi connectivity index (χ2n) is 8.26. The Hall–Kier alpha value is -3.67. The van der Waals surface area contributed by atoms with Crippen LogP contribution in [0.1, 0.15) is 12.8 Å². The van der Waals surface area contributed by atoms with Crippen molar-refractivity contribution in [2.75, 3.05) is 20.2 Å². The molecule has 1 amide bonds. The number of hydrogen-bond donors (Lipinski definition) is 0. The Morgan fingerprint density at radius 1 is 1.18 bits per heavy atom. The van der Waals surface area contributed by atoms with Gasteiger partial charge in [-0.25, -0.2) is 14.8 Å². The number of ether oxygens (including phenoxy) is 2. The van der Waals surface area contributed by atoms with Gasteiger partial charge in [0.25, 0.3) is 10.8 Å². The van der Waals surface area contributed by atoms with E-state index in [-0.39, 0.29) is 29.7 Å². The van der Waals surface area contributed by atoms with Crippen molar-refractivity contribution in [2.45, 2.75) is 25.5 Å². The fraction of sp³-hybridized carbons (Fsp3) is 0.409. The first-order valence-electron chi connectivity index (χ1n) is 10.9. The largest absolute Gasteiger partial charge is 0.497 e. The second kappa shape index (κ2) is 8.60. The molecule has 1 aliphatic rings. The molecule has 0 atom stereocenters. The minimum atomic E-state index is -0.469. The number of imidazole rings is 1. The van der Waals surface area contributed by atoms with Crippen LogP contribution in [-0.4, -0.2) is 60.8 Å². The molecule has 1 aliphatic heterocycles. The molecule has 0 radical (unpaired) electrons. The van der Waals surface area contributed by atoms with Crippen LogP contribution in [0.5, 0.6) is 10.9 Å². The predicted molar refractivity (Wildman–Crippen MR) is 127 cm³/mol. The number of likely N-dealkylation sites (tertiary alicyclic amines) is 1. The van der Waals surface area contributed by atoms with E-state index in [1.165, 1.54) is 33.8 Å². The number of methoxy groups -OCH3 is 1. The number of aromatic nitrogens is 5. The fourth-order valence-corrected chi connectivity index (χ4v) is 5.10. The van der Waals surface area contributed by atoms with Crippen LogP contribution in [0.15, 0.2) is 34.1 Å². The van der Waals surface area contributed by atoms with Gasteiger partial charge in [-0.15, -0.1) is 0 Å². The summed E-state index contributed by atoms with van der Waals surface area (Å²) in [6.45, 7) is 1.08. The van der Waals surface area contributed by atoms with Gasteiger partial charge in [0.05, 0.1) is 23.7 Å². The molecule has 1 saturated heterocycles. The molecule has 5 rings (SSSR count). The van der Waals surface area contributed by atoms with E-state index >= 15 is 0 Å². The molecule has 4 heterocycles. The van der Waals surface area contributed by atoms with Crippen LogP contribution < -0.4 is 20.7 Å². The number of benzene rings is 1. The summed E-state index contributed by atoms with van der Waals surface area (Å²) in [5.74, 6) is 0.668. The van der Waals surface area contributed by atoms with E-state index in [2.05, 4.69) is 9.97 Å². The van der Waals surface area contributed by atoms with Crippen LogP contribution in [0, 0.1) is 0 Å². The van der Waals surface area contributed by atoms with E-state index in [0.29, 0.717) is 31.1 Å². The van der Waals surface area contributed by atoms with E-state index in [9.17, 15) is 14.4 Å². The van der Waals surface area contributed by atoms with E-state index < -0.39 is 11.2 Å². The number of carbonyl (C=O) groups is 1. The Morgan fingerprint density at radius 3 is 2.68 bits per heavy atom. The molecule has 1 aromatic carbocycles. The normalized spacial score (nSPS) is 14.7. The van der Waals surface area contributed by atoms with Crippen LogP contribution in [0.3, 0.4) is 0 Å². The van der Waals surface area contributed by atoms with Gasteiger partial charge >= 0.3 is 5.69 Å². The summed E-state index contributed by atoms with van der Waals surface area (Å²) in [6.07, 6.45) is 2.78. The van der Waals surface area contributed by atoms with E-state index in [0.717, 1.165) is 20.5 Å². The summed E-state index contributed by atoms with van der Waals surface area (Å²) in [5.41, 5.74) is 0.446. The van der Waals surface area contributed by atoms with Gasteiger partial charge in [-0.2, -0.15) is 0 Å². The van der Waals surface area contributed by atoms with E-state index in [1.54, 1.807) is 19.1 Å². The van der Waals surface area contributed by atoms with Crippen molar-refractivity contribution < 1.29 is 14.3 Å². The molecule has 0 unspecified atom stereocenters. The average Bonchev–Trinajstić information content (AvgIpc) is 3.44. The lowest BCUT2D eigenvalue weighted by Crippen LogP contribution is -2.43. The number of carbonyl (C=O) groups excluding carboxylic acids is 1. The van der Waals surface area contributed by atoms with Crippen molar-refractivity contribution in [2.24, 2.45) is 14.1 Å². The Kier molecular flexibility index (Phi) is 5.60. The summed E-state index contributed by atoms with van der Waals surface area (Å²) in [7, 11) is 4.60. The van der Waals surface area contributed by atoms with Crippen LogP contribution in [0.4, 0.5) is 0 Å². The maximum atomic E-state index is 12.9. The number of piperidine rings is 1. The minimum Gasteiger partial charge on any atom is -0.497 e. The van der Waals surface area contributed by atoms with Crippen LogP contribution in [0.25, 0.3) is 21.4 Å². The maximum absolute atomic E-state index is 12.9. The molecule has 0 spiro atoms. The van der Waals surface area contributed by atoms with Crippen molar-refractivity contribution in [3.63, 3.8) is 0 Å². The van der Waals surface area contributed by atoms with Crippen molar-refractivity contribution in [1.29, 1.82) is 0 Å². The Morgan fingerprint density at radius 2 is 1.94 bits per heavy atom. The molecule has 0 aliphatic carbocycles. The first-order chi connectivity index (χ1) is 16.4. The number of fused-ring (bicyclic) bond motifs is 2. The smallest absolute Gasteiger partial charge is 0.332 e. The first-order valence-corrected chi connectivity index (χ1v) is 11.7. The summed E-state index contributed by atoms with van der Waals surface area (Å²) in [4.78, 5) is 48.1. The molecule has 0 saturated carbocycles. The van der Waals surface area contributed by atoms with Crippen LogP contribution in [-0.2, 0) is 25.4 Å². The number of amides is 1. The van der Waals surface area contributed by atoms with E-state index in [1.807, 2.05) is 18.2 Å². The zero-order valence-corrected chi connectivity index (χ0v) is 19.9. The lowest BCUT2D eigenvalue weighted by molar-refractivity contribution is -0.133. The average molecular weight is 485 g/mol. The molecule has 12 heteroatoms. The molecule has 1 fully saturated rings. The van der Waals surface area contributed by atoms with Gasteiger partial charge in [-0.05, 0) is 18.2 Å².